The van der Waals surface area contributed by atoms with E-state index in [4.69, 9.17) is 4.74 Å². The van der Waals surface area contributed by atoms with Crippen molar-refractivity contribution in [2.75, 3.05) is 17.7 Å². The van der Waals surface area contributed by atoms with Gasteiger partial charge in [0.25, 0.3) is 5.91 Å². The number of ether oxygens (including phenoxy) is 1. The first-order valence-electron chi connectivity index (χ1n) is 13.6. The molecule has 8 rings (SSSR count). The Kier molecular flexibility index (Phi) is 5.51. The van der Waals surface area contributed by atoms with Crippen molar-refractivity contribution >= 4 is 17.4 Å². The number of anilines is 2. The molecule has 2 atom stereocenters. The molecule has 4 aliphatic carbocycles. The zero-order valence-corrected chi connectivity index (χ0v) is 21.6. The van der Waals surface area contributed by atoms with E-state index >= 15 is 0 Å². The monoisotopic (exact) mass is 540 g/mol. The highest BCUT2D eigenvalue weighted by molar-refractivity contribution is 6.03. The van der Waals surface area contributed by atoms with Crippen LogP contribution in [0.3, 0.4) is 0 Å². The van der Waals surface area contributed by atoms with Crippen LogP contribution in [-0.2, 0) is 5.54 Å². The van der Waals surface area contributed by atoms with E-state index in [1.807, 2.05) is 10.9 Å². The molecule has 8 nitrogen and oxygen atoms in total. The van der Waals surface area contributed by atoms with E-state index in [0.29, 0.717) is 17.0 Å². The molecule has 5 aliphatic rings. The maximum atomic E-state index is 14.1. The molecular formula is C28H31F3N6O2. The molecule has 3 heterocycles. The number of aromatic nitrogens is 4. The summed E-state index contributed by atoms with van der Waals surface area (Å²) < 4.78 is 50.5. The smallest absolute Gasteiger partial charge is 0.410 e. The fourth-order valence-electron chi connectivity index (χ4n) is 7.95. The third kappa shape index (κ3) is 4.26. The van der Waals surface area contributed by atoms with Crippen LogP contribution in [0, 0.1) is 17.8 Å². The Hall–Kier alpha value is -3.50. The highest BCUT2D eigenvalue weighted by Gasteiger charge is 2.52. The molecule has 0 spiro atoms. The van der Waals surface area contributed by atoms with Gasteiger partial charge in [-0.15, -0.1) is 0 Å². The van der Waals surface area contributed by atoms with Gasteiger partial charge in [-0.05, 0) is 74.0 Å². The summed E-state index contributed by atoms with van der Waals surface area (Å²) in [6.45, 7) is 0. The van der Waals surface area contributed by atoms with Crippen LogP contribution in [0.2, 0.25) is 0 Å². The number of rotatable bonds is 5. The van der Waals surface area contributed by atoms with Crippen molar-refractivity contribution in [2.45, 2.75) is 68.7 Å². The number of carbonyl (C=O) groups is 1. The van der Waals surface area contributed by atoms with Gasteiger partial charge in [0.2, 0.25) is 0 Å². The van der Waals surface area contributed by atoms with Crippen molar-refractivity contribution in [3.63, 3.8) is 0 Å². The first-order valence-corrected chi connectivity index (χ1v) is 13.6. The number of nitrogens with zero attached hydrogens (tertiary/aromatic N) is 4. The summed E-state index contributed by atoms with van der Waals surface area (Å²) in [5.41, 5.74) is 1.13. The number of benzene rings is 1. The number of fused-ring (bicyclic) bond motifs is 1. The molecule has 4 saturated carbocycles. The van der Waals surface area contributed by atoms with Gasteiger partial charge in [-0.25, -0.2) is 4.68 Å². The molecule has 3 aromatic rings. The van der Waals surface area contributed by atoms with Crippen LogP contribution in [0.5, 0.6) is 5.75 Å². The van der Waals surface area contributed by atoms with Crippen molar-refractivity contribution in [3.8, 4) is 5.75 Å². The predicted octanol–water partition coefficient (Wildman–Crippen LogP) is 5.93. The highest BCUT2D eigenvalue weighted by Crippen LogP contribution is 2.58. The zero-order chi connectivity index (χ0) is 26.9. The lowest BCUT2D eigenvalue weighted by Gasteiger charge is -2.56. The van der Waals surface area contributed by atoms with E-state index in [-0.39, 0.29) is 23.5 Å². The standard InChI is InChI=1S/C28H31F3N6O2/c1-39-21-4-2-3-19(8-21)22-9-24(28(29,30)31)37-25(34-22)10-23(35-37)26(38)33-20-14-32-36(15-20)27-11-16-5-17(12-27)7-18(6-16)13-27/h2-4,8,10,14-18,22,24,34H,5-7,9,11-13H2,1H3,(H,33,38)/t16?,17?,18?,22-,24+,27?/m1/s1. The van der Waals surface area contributed by atoms with E-state index < -0.39 is 24.2 Å². The SMILES string of the molecule is COc1cccc([C@H]2C[C@@H](C(F)(F)F)n3nc(C(=O)Nc4cnn(C56CC7CC(CC(C7)C5)C6)c4)cc3N2)c1. The van der Waals surface area contributed by atoms with Crippen LogP contribution in [0.4, 0.5) is 24.7 Å². The minimum Gasteiger partial charge on any atom is -0.497 e. The van der Waals surface area contributed by atoms with Gasteiger partial charge in [0.1, 0.15) is 11.6 Å². The third-order valence-corrected chi connectivity index (χ3v) is 9.25. The number of halogens is 3. The van der Waals surface area contributed by atoms with Gasteiger partial charge in [0, 0.05) is 18.7 Å². The minimum atomic E-state index is -4.53. The topological polar surface area (TPSA) is 86.0 Å². The van der Waals surface area contributed by atoms with Gasteiger partial charge in [-0.2, -0.15) is 23.4 Å². The maximum absolute atomic E-state index is 14.1. The molecule has 1 aromatic carbocycles. The Morgan fingerprint density at radius 1 is 1.10 bits per heavy atom. The predicted molar refractivity (Wildman–Crippen MR) is 138 cm³/mol. The van der Waals surface area contributed by atoms with E-state index in [2.05, 4.69) is 20.8 Å². The fraction of sp³-hybridized carbons (Fsp3) is 0.536. The zero-order valence-electron chi connectivity index (χ0n) is 21.6. The van der Waals surface area contributed by atoms with Gasteiger partial charge in [-0.1, -0.05) is 12.1 Å². The molecule has 4 fully saturated rings. The Labute approximate surface area is 223 Å². The molecule has 0 unspecified atom stereocenters. The minimum absolute atomic E-state index is 0.0181. The van der Waals surface area contributed by atoms with Crippen molar-refractivity contribution in [1.29, 1.82) is 0 Å². The first-order chi connectivity index (χ1) is 18.7. The molecule has 39 heavy (non-hydrogen) atoms. The second-order valence-electron chi connectivity index (χ2n) is 11.9. The summed E-state index contributed by atoms with van der Waals surface area (Å²) in [4.78, 5) is 13.1. The Bertz CT molecular complexity index is 1380. The largest absolute Gasteiger partial charge is 0.497 e. The van der Waals surface area contributed by atoms with Crippen LogP contribution in [0.1, 0.15) is 73.1 Å². The van der Waals surface area contributed by atoms with Gasteiger partial charge < -0.3 is 15.4 Å². The number of amides is 1. The molecule has 11 heteroatoms. The van der Waals surface area contributed by atoms with Crippen molar-refractivity contribution < 1.29 is 22.7 Å². The van der Waals surface area contributed by atoms with Crippen molar-refractivity contribution in [2.24, 2.45) is 17.8 Å². The molecular weight excluding hydrogens is 509 g/mol. The van der Waals surface area contributed by atoms with E-state index in [1.165, 1.54) is 32.4 Å². The Balaban J connectivity index is 1.12. The summed E-state index contributed by atoms with van der Waals surface area (Å²) in [5, 5.41) is 14.7. The number of hydrogen-bond donors (Lipinski definition) is 2. The summed E-state index contributed by atoms with van der Waals surface area (Å²) in [6, 6.07) is 5.85. The lowest BCUT2D eigenvalue weighted by atomic mass is 9.53. The van der Waals surface area contributed by atoms with Crippen LogP contribution in [-0.4, -0.2) is 38.8 Å². The Morgan fingerprint density at radius 3 is 2.49 bits per heavy atom. The first kappa shape index (κ1) is 24.5. The summed E-state index contributed by atoms with van der Waals surface area (Å²) in [7, 11) is 1.51. The van der Waals surface area contributed by atoms with E-state index in [9.17, 15) is 18.0 Å². The van der Waals surface area contributed by atoms with Crippen LogP contribution in [0.25, 0.3) is 0 Å². The summed E-state index contributed by atoms with van der Waals surface area (Å²) >= 11 is 0. The molecule has 1 amide bonds. The normalized spacial score (nSPS) is 31.0. The van der Waals surface area contributed by atoms with Gasteiger partial charge in [-0.3, -0.25) is 9.48 Å². The molecule has 2 N–H and O–H groups in total. The van der Waals surface area contributed by atoms with Crippen molar-refractivity contribution in [3.05, 3.63) is 54.0 Å². The number of hydrogen-bond acceptors (Lipinski definition) is 5. The van der Waals surface area contributed by atoms with Crippen LogP contribution in [0.15, 0.2) is 42.7 Å². The molecule has 206 valence electrons. The van der Waals surface area contributed by atoms with E-state index in [0.717, 1.165) is 41.7 Å². The number of nitrogens with one attached hydrogen (secondary N) is 2. The lowest BCUT2D eigenvalue weighted by Crippen LogP contribution is -2.52. The maximum Gasteiger partial charge on any atom is 0.410 e. The average molecular weight is 541 g/mol. The summed E-state index contributed by atoms with van der Waals surface area (Å²) in [6.07, 6.45) is 6.04. The highest BCUT2D eigenvalue weighted by atomic mass is 19.4. The third-order valence-electron chi connectivity index (χ3n) is 9.25. The number of alkyl halides is 3. The van der Waals surface area contributed by atoms with E-state index in [1.54, 1.807) is 30.5 Å². The van der Waals surface area contributed by atoms with Crippen LogP contribution >= 0.6 is 0 Å². The average Bonchev–Trinajstić information content (AvgIpc) is 3.54. The van der Waals surface area contributed by atoms with Crippen molar-refractivity contribution in [1.82, 2.24) is 19.6 Å². The molecule has 1 aliphatic heterocycles. The molecule has 2 aromatic heterocycles. The fourth-order valence-corrected chi connectivity index (χ4v) is 7.95. The lowest BCUT2D eigenvalue weighted by molar-refractivity contribution is -0.173. The Morgan fingerprint density at radius 2 is 1.82 bits per heavy atom. The number of carbonyl (C=O) groups excluding carboxylic acids is 1. The van der Waals surface area contributed by atoms with Gasteiger partial charge in [0.05, 0.1) is 30.6 Å². The molecule has 4 bridgehead atoms. The summed E-state index contributed by atoms with van der Waals surface area (Å²) in [5.74, 6) is 2.40. The molecule has 0 radical (unpaired) electrons. The molecule has 0 saturated heterocycles. The second-order valence-corrected chi connectivity index (χ2v) is 11.9. The second kappa shape index (κ2) is 8.76. The quantitative estimate of drug-likeness (QED) is 0.419. The van der Waals surface area contributed by atoms with Crippen LogP contribution < -0.4 is 15.4 Å². The number of methoxy groups -OCH3 is 1. The van der Waals surface area contributed by atoms with Gasteiger partial charge >= 0.3 is 6.18 Å². The van der Waals surface area contributed by atoms with Gasteiger partial charge in [0.15, 0.2) is 11.7 Å².